The summed E-state index contributed by atoms with van der Waals surface area (Å²) in [7, 11) is 0. The van der Waals surface area contributed by atoms with E-state index in [0.29, 0.717) is 22.5 Å². The van der Waals surface area contributed by atoms with E-state index in [1.807, 2.05) is 36.4 Å². The highest BCUT2D eigenvalue weighted by molar-refractivity contribution is 5.97. The molecule has 3 aromatic rings. The lowest BCUT2D eigenvalue weighted by Crippen LogP contribution is -2.45. The number of imide groups is 1. The molecule has 0 bridgehead atoms. The van der Waals surface area contributed by atoms with Gasteiger partial charge in [-0.3, -0.25) is 20.1 Å². The van der Waals surface area contributed by atoms with Gasteiger partial charge in [0, 0.05) is 23.6 Å². The first-order valence-electron chi connectivity index (χ1n) is 13.6. The average Bonchev–Trinajstić information content (AvgIpc) is 3.42. The molecule has 2 N–H and O–H groups in total. The van der Waals surface area contributed by atoms with Gasteiger partial charge in [0.05, 0.1) is 11.7 Å². The Hall–Kier alpha value is -4.70. The first-order valence-corrected chi connectivity index (χ1v) is 13.6. The zero-order chi connectivity index (χ0) is 30.5. The molecule has 1 aromatic heterocycles. The summed E-state index contributed by atoms with van der Waals surface area (Å²) in [5.74, 6) is -0.377. The van der Waals surface area contributed by atoms with Crippen LogP contribution in [0.5, 0.6) is 0 Å². The summed E-state index contributed by atoms with van der Waals surface area (Å²) < 4.78 is 11.3. The van der Waals surface area contributed by atoms with E-state index in [-0.39, 0.29) is 5.91 Å². The lowest BCUT2D eigenvalue weighted by atomic mass is 9.97. The van der Waals surface area contributed by atoms with Crippen LogP contribution in [0.4, 0.5) is 15.3 Å². The number of hydroxylamine groups is 1. The predicted molar refractivity (Wildman–Crippen MR) is 158 cm³/mol. The van der Waals surface area contributed by atoms with Gasteiger partial charge in [0.15, 0.2) is 6.10 Å². The van der Waals surface area contributed by atoms with Crippen molar-refractivity contribution in [1.82, 2.24) is 15.4 Å². The Morgan fingerprint density at radius 3 is 2.00 bits per heavy atom. The number of carbonyl (C=O) groups is 3. The molecule has 42 heavy (non-hydrogen) atoms. The molecule has 1 unspecified atom stereocenters. The zero-order valence-electron chi connectivity index (χ0n) is 24.6. The third kappa shape index (κ3) is 7.94. The molecule has 0 radical (unpaired) electrons. The molecule has 10 heteroatoms. The standard InChI is InChI=1S/C32H36N4O6/c1-31(2,3)40-29(38)36(30(39)41-32(4,5)6)27(21-11-8-7-9-12-21)22-14-16-24(17-15-22)34-28(37)26-19-25(35-42-26)23-13-10-18-33-20-23/h7-20,26-27,35H,1-6H3,(H,34,37)/t26-,27?/m0/s1. The van der Waals surface area contributed by atoms with Crippen molar-refractivity contribution in [3.8, 4) is 0 Å². The largest absolute Gasteiger partial charge is 0.443 e. The fourth-order valence-corrected chi connectivity index (χ4v) is 4.15. The number of benzene rings is 2. The first-order chi connectivity index (χ1) is 19.8. The SMILES string of the molecule is CC(C)(C)OC(=O)N(C(=O)OC(C)(C)C)C(c1ccccc1)c1ccc(NC(=O)[C@@H]2C=C(c3cccnc3)NO2)cc1. The van der Waals surface area contributed by atoms with Crippen LogP contribution in [0.3, 0.4) is 0 Å². The maximum Gasteiger partial charge on any atom is 0.420 e. The van der Waals surface area contributed by atoms with Crippen LogP contribution in [0.2, 0.25) is 0 Å². The molecule has 0 saturated carbocycles. The topological polar surface area (TPSA) is 119 Å². The van der Waals surface area contributed by atoms with Gasteiger partial charge in [-0.25, -0.2) is 14.5 Å². The smallest absolute Gasteiger partial charge is 0.420 e. The average molecular weight is 573 g/mol. The van der Waals surface area contributed by atoms with Crippen molar-refractivity contribution in [1.29, 1.82) is 0 Å². The maximum atomic E-state index is 13.5. The van der Waals surface area contributed by atoms with Gasteiger partial charge in [0.1, 0.15) is 11.2 Å². The number of ether oxygens (including phenoxy) is 2. The van der Waals surface area contributed by atoms with E-state index in [9.17, 15) is 14.4 Å². The number of anilines is 1. The second-order valence-electron chi connectivity index (χ2n) is 11.7. The summed E-state index contributed by atoms with van der Waals surface area (Å²) in [5, 5.41) is 2.84. The second-order valence-corrected chi connectivity index (χ2v) is 11.7. The second kappa shape index (κ2) is 12.4. The van der Waals surface area contributed by atoms with Gasteiger partial charge in [-0.15, -0.1) is 0 Å². The van der Waals surface area contributed by atoms with Crippen molar-refractivity contribution in [3.05, 3.63) is 102 Å². The normalized spacial score (nSPS) is 15.6. The van der Waals surface area contributed by atoms with E-state index in [1.165, 1.54) is 0 Å². The van der Waals surface area contributed by atoms with E-state index in [0.717, 1.165) is 10.5 Å². The molecular weight excluding hydrogens is 536 g/mol. The molecule has 0 spiro atoms. The van der Waals surface area contributed by atoms with E-state index in [4.69, 9.17) is 14.3 Å². The molecule has 1 aliphatic rings. The van der Waals surface area contributed by atoms with E-state index < -0.39 is 35.5 Å². The van der Waals surface area contributed by atoms with Gasteiger partial charge in [-0.1, -0.05) is 42.5 Å². The number of nitrogens with zero attached hydrogens (tertiary/aromatic N) is 2. The Morgan fingerprint density at radius 1 is 0.857 bits per heavy atom. The van der Waals surface area contributed by atoms with Gasteiger partial charge in [0.2, 0.25) is 0 Å². The van der Waals surface area contributed by atoms with Crippen LogP contribution >= 0.6 is 0 Å². The first kappa shape index (κ1) is 30.3. The van der Waals surface area contributed by atoms with Crippen molar-refractivity contribution < 1.29 is 28.7 Å². The number of pyridine rings is 1. The third-order valence-corrected chi connectivity index (χ3v) is 5.89. The van der Waals surface area contributed by atoms with Crippen LogP contribution in [-0.2, 0) is 19.1 Å². The molecule has 2 heterocycles. The molecule has 3 amide bonds. The van der Waals surface area contributed by atoms with Crippen LogP contribution in [0.25, 0.3) is 5.70 Å². The van der Waals surface area contributed by atoms with Crippen LogP contribution in [-0.4, -0.2) is 45.3 Å². The number of nitrogens with one attached hydrogen (secondary N) is 2. The van der Waals surface area contributed by atoms with Gasteiger partial charge in [-0.2, -0.15) is 0 Å². The summed E-state index contributed by atoms with van der Waals surface area (Å²) in [4.78, 5) is 50.4. The van der Waals surface area contributed by atoms with Gasteiger partial charge >= 0.3 is 12.2 Å². The molecule has 2 atom stereocenters. The highest BCUT2D eigenvalue weighted by atomic mass is 16.7. The predicted octanol–water partition coefficient (Wildman–Crippen LogP) is 6.23. The van der Waals surface area contributed by atoms with Crippen molar-refractivity contribution in [3.63, 3.8) is 0 Å². The molecule has 0 saturated heterocycles. The van der Waals surface area contributed by atoms with E-state index in [1.54, 1.807) is 90.3 Å². The molecule has 4 rings (SSSR count). The molecule has 0 aliphatic carbocycles. The Labute approximate surface area is 245 Å². The van der Waals surface area contributed by atoms with Crippen molar-refractivity contribution in [2.75, 3.05) is 5.32 Å². The van der Waals surface area contributed by atoms with Gasteiger partial charge < -0.3 is 14.8 Å². The summed E-state index contributed by atoms with van der Waals surface area (Å²) in [5.41, 5.74) is 4.28. The quantitative estimate of drug-likeness (QED) is 0.357. The zero-order valence-corrected chi connectivity index (χ0v) is 24.6. The summed E-state index contributed by atoms with van der Waals surface area (Å²) in [6.07, 6.45) is 2.46. The lowest BCUT2D eigenvalue weighted by molar-refractivity contribution is -0.125. The highest BCUT2D eigenvalue weighted by Crippen LogP contribution is 2.33. The maximum absolute atomic E-state index is 13.5. The summed E-state index contributed by atoms with van der Waals surface area (Å²) in [6, 6.07) is 18.8. The Balaban J connectivity index is 1.61. The molecule has 10 nitrogen and oxygen atoms in total. The van der Waals surface area contributed by atoms with Gasteiger partial charge in [0.25, 0.3) is 5.91 Å². The molecule has 0 fully saturated rings. The number of carbonyl (C=O) groups excluding carboxylic acids is 3. The Kier molecular flexibility index (Phi) is 8.96. The fraction of sp³-hybridized carbons (Fsp3) is 0.312. The van der Waals surface area contributed by atoms with Crippen LogP contribution < -0.4 is 10.8 Å². The minimum absolute atomic E-state index is 0.377. The van der Waals surface area contributed by atoms with Crippen LogP contribution in [0, 0.1) is 0 Å². The summed E-state index contributed by atoms with van der Waals surface area (Å²) >= 11 is 0. The number of hydrogen-bond acceptors (Lipinski definition) is 8. The third-order valence-electron chi connectivity index (χ3n) is 5.89. The highest BCUT2D eigenvalue weighted by Gasteiger charge is 2.38. The minimum Gasteiger partial charge on any atom is -0.443 e. The Morgan fingerprint density at radius 2 is 1.45 bits per heavy atom. The Bertz CT molecular complexity index is 1400. The van der Waals surface area contributed by atoms with E-state index in [2.05, 4.69) is 15.8 Å². The molecule has 220 valence electrons. The number of rotatable bonds is 6. The van der Waals surface area contributed by atoms with E-state index >= 15 is 0 Å². The summed E-state index contributed by atoms with van der Waals surface area (Å²) in [6.45, 7) is 10.4. The van der Waals surface area contributed by atoms with Crippen molar-refractivity contribution in [2.45, 2.75) is 64.9 Å². The molecule has 1 aliphatic heterocycles. The van der Waals surface area contributed by atoms with Crippen molar-refractivity contribution >= 4 is 29.5 Å². The van der Waals surface area contributed by atoms with Gasteiger partial charge in [-0.05, 0) is 83.0 Å². The number of aromatic nitrogens is 1. The van der Waals surface area contributed by atoms with Crippen molar-refractivity contribution in [2.24, 2.45) is 0 Å². The number of amides is 3. The number of hydrogen-bond donors (Lipinski definition) is 2. The lowest BCUT2D eigenvalue weighted by Gasteiger charge is -2.34. The molecular formula is C32H36N4O6. The van der Waals surface area contributed by atoms with Crippen LogP contribution in [0.1, 0.15) is 64.3 Å². The van der Waals surface area contributed by atoms with Crippen LogP contribution in [0.15, 0.2) is 85.2 Å². The fourth-order valence-electron chi connectivity index (χ4n) is 4.15. The monoisotopic (exact) mass is 572 g/mol. The molecule has 2 aromatic carbocycles. The minimum atomic E-state index is -0.868.